The molecule has 3 amide bonds. The lowest BCUT2D eigenvalue weighted by atomic mass is 9.77. The second-order valence-corrected chi connectivity index (χ2v) is 4.34. The number of urea groups is 1. The van der Waals surface area contributed by atoms with Gasteiger partial charge < -0.3 is 5.32 Å². The Morgan fingerprint density at radius 3 is 2.31 bits per heavy atom. The largest absolute Gasteiger partial charge is 0.329 e. The van der Waals surface area contributed by atoms with E-state index in [9.17, 15) is 9.59 Å². The quantitative estimate of drug-likeness (QED) is 0.726. The lowest BCUT2D eigenvalue weighted by Crippen LogP contribution is -2.52. The van der Waals surface area contributed by atoms with Crippen LogP contribution in [0.3, 0.4) is 0 Å². The molecule has 0 aromatic heterocycles. The molecule has 1 aromatic carbocycles. The molecule has 0 bridgehead atoms. The normalized spacial score (nSPS) is 22.1. The van der Waals surface area contributed by atoms with Crippen LogP contribution in [-0.4, -0.2) is 17.5 Å². The Labute approximate surface area is 93.2 Å². The molecule has 1 N–H and O–H groups in total. The summed E-state index contributed by atoms with van der Waals surface area (Å²) in [7, 11) is 0. The molecule has 1 heterocycles. The van der Waals surface area contributed by atoms with Crippen LogP contribution in [0.4, 0.5) is 10.5 Å². The van der Waals surface area contributed by atoms with E-state index in [0.717, 1.165) is 19.3 Å². The predicted octanol–water partition coefficient (Wildman–Crippen LogP) is 1.67. The van der Waals surface area contributed by atoms with E-state index in [0.29, 0.717) is 5.69 Å². The smallest absolute Gasteiger partial charge is 0.323 e. The number of rotatable bonds is 1. The minimum Gasteiger partial charge on any atom is -0.323 e. The highest BCUT2D eigenvalue weighted by Crippen LogP contribution is 2.38. The van der Waals surface area contributed by atoms with Crippen molar-refractivity contribution in [2.75, 3.05) is 4.90 Å². The van der Waals surface area contributed by atoms with Crippen molar-refractivity contribution in [2.24, 2.45) is 0 Å². The molecule has 1 aliphatic carbocycles. The molecule has 82 valence electrons. The predicted molar refractivity (Wildman–Crippen MR) is 59.0 cm³/mol. The van der Waals surface area contributed by atoms with Gasteiger partial charge in [-0.3, -0.25) is 4.79 Å². The van der Waals surface area contributed by atoms with Gasteiger partial charge in [0.1, 0.15) is 5.54 Å². The zero-order chi connectivity index (χ0) is 11.2. The van der Waals surface area contributed by atoms with E-state index in [4.69, 9.17) is 0 Å². The maximum absolute atomic E-state index is 12.2. The number of nitrogens with one attached hydrogen (secondary N) is 1. The van der Waals surface area contributed by atoms with Gasteiger partial charge in [-0.15, -0.1) is 0 Å². The van der Waals surface area contributed by atoms with Gasteiger partial charge in [0.2, 0.25) is 0 Å². The average molecular weight is 216 g/mol. The Morgan fingerprint density at radius 2 is 1.81 bits per heavy atom. The molecule has 3 rings (SSSR count). The number of carbonyl (C=O) groups is 2. The van der Waals surface area contributed by atoms with Gasteiger partial charge in [-0.05, 0) is 31.4 Å². The van der Waals surface area contributed by atoms with Gasteiger partial charge >= 0.3 is 6.03 Å². The van der Waals surface area contributed by atoms with E-state index in [1.54, 1.807) is 12.1 Å². The number of anilines is 1. The number of carbonyl (C=O) groups excluding carboxylic acids is 2. The number of benzene rings is 1. The van der Waals surface area contributed by atoms with Gasteiger partial charge in [0.25, 0.3) is 5.91 Å². The summed E-state index contributed by atoms with van der Waals surface area (Å²) >= 11 is 0. The Kier molecular flexibility index (Phi) is 1.80. The van der Waals surface area contributed by atoms with Crippen LogP contribution in [0.15, 0.2) is 30.3 Å². The highest BCUT2D eigenvalue weighted by molar-refractivity contribution is 6.23. The SMILES string of the molecule is O=C1NC2(CCC2)C(=O)N1c1ccccc1. The van der Waals surface area contributed by atoms with Crippen molar-refractivity contribution in [3.63, 3.8) is 0 Å². The molecule has 1 aliphatic heterocycles. The molecule has 2 fully saturated rings. The monoisotopic (exact) mass is 216 g/mol. The zero-order valence-corrected chi connectivity index (χ0v) is 8.77. The fraction of sp³-hybridized carbons (Fsp3) is 0.333. The summed E-state index contributed by atoms with van der Waals surface area (Å²) in [6.45, 7) is 0. The van der Waals surface area contributed by atoms with Crippen molar-refractivity contribution in [2.45, 2.75) is 24.8 Å². The summed E-state index contributed by atoms with van der Waals surface area (Å²) < 4.78 is 0. The van der Waals surface area contributed by atoms with E-state index in [1.165, 1.54) is 4.90 Å². The third-order valence-corrected chi connectivity index (χ3v) is 3.38. The summed E-state index contributed by atoms with van der Waals surface area (Å²) in [5.41, 5.74) is 0.0567. The molecule has 1 saturated heterocycles. The van der Waals surface area contributed by atoms with Crippen LogP contribution in [0.25, 0.3) is 0 Å². The first-order valence-electron chi connectivity index (χ1n) is 5.45. The fourth-order valence-corrected chi connectivity index (χ4v) is 2.30. The van der Waals surface area contributed by atoms with E-state index in [1.807, 2.05) is 18.2 Å². The molecule has 1 saturated carbocycles. The maximum atomic E-state index is 12.2. The van der Waals surface area contributed by atoms with E-state index < -0.39 is 5.54 Å². The molecule has 0 unspecified atom stereocenters. The van der Waals surface area contributed by atoms with Gasteiger partial charge in [-0.1, -0.05) is 18.2 Å². The van der Waals surface area contributed by atoms with E-state index in [2.05, 4.69) is 5.32 Å². The van der Waals surface area contributed by atoms with Gasteiger partial charge in [0.05, 0.1) is 5.69 Å². The van der Waals surface area contributed by atoms with E-state index >= 15 is 0 Å². The molecule has 16 heavy (non-hydrogen) atoms. The topological polar surface area (TPSA) is 49.4 Å². The first kappa shape index (κ1) is 9.39. The summed E-state index contributed by atoms with van der Waals surface area (Å²) in [6, 6.07) is 8.75. The lowest BCUT2D eigenvalue weighted by molar-refractivity contribution is -0.124. The van der Waals surface area contributed by atoms with E-state index in [-0.39, 0.29) is 11.9 Å². The van der Waals surface area contributed by atoms with Crippen molar-refractivity contribution < 1.29 is 9.59 Å². The van der Waals surface area contributed by atoms with Crippen LogP contribution >= 0.6 is 0 Å². The van der Waals surface area contributed by atoms with Crippen molar-refractivity contribution >= 4 is 17.6 Å². The molecule has 1 aromatic rings. The minimum atomic E-state index is -0.590. The van der Waals surface area contributed by atoms with Crippen molar-refractivity contribution in [3.05, 3.63) is 30.3 Å². The van der Waals surface area contributed by atoms with Gasteiger partial charge in [-0.2, -0.15) is 0 Å². The van der Waals surface area contributed by atoms with Crippen LogP contribution in [0.5, 0.6) is 0 Å². The molecule has 1 spiro atoms. The second kappa shape index (κ2) is 3.07. The number of hydrogen-bond acceptors (Lipinski definition) is 2. The molecule has 0 radical (unpaired) electrons. The van der Waals surface area contributed by atoms with Crippen molar-refractivity contribution in [1.82, 2.24) is 5.32 Å². The van der Waals surface area contributed by atoms with Crippen molar-refractivity contribution in [3.8, 4) is 0 Å². The zero-order valence-electron chi connectivity index (χ0n) is 8.77. The first-order chi connectivity index (χ1) is 7.73. The standard InChI is InChI=1S/C12H12N2O2/c15-10-12(7-4-8-12)13-11(16)14(10)9-5-2-1-3-6-9/h1-3,5-6H,4,7-8H2,(H,13,16). The number of para-hydroxylation sites is 1. The summed E-state index contributed by atoms with van der Waals surface area (Å²) in [5.74, 6) is -0.102. The van der Waals surface area contributed by atoms with Crippen molar-refractivity contribution in [1.29, 1.82) is 0 Å². The van der Waals surface area contributed by atoms with Gasteiger partial charge in [0, 0.05) is 0 Å². The molecular formula is C12H12N2O2. The molecule has 4 nitrogen and oxygen atoms in total. The maximum Gasteiger partial charge on any atom is 0.329 e. The van der Waals surface area contributed by atoms with Gasteiger partial charge in [0.15, 0.2) is 0 Å². The fourth-order valence-electron chi connectivity index (χ4n) is 2.30. The first-order valence-corrected chi connectivity index (χ1v) is 5.45. The van der Waals surface area contributed by atoms with Crippen LogP contribution in [-0.2, 0) is 4.79 Å². The van der Waals surface area contributed by atoms with Crippen LogP contribution in [0.2, 0.25) is 0 Å². The highest BCUT2D eigenvalue weighted by Gasteiger charge is 2.55. The molecular weight excluding hydrogens is 204 g/mol. The Balaban J connectivity index is 1.97. The number of nitrogens with zero attached hydrogens (tertiary/aromatic N) is 1. The third-order valence-electron chi connectivity index (χ3n) is 3.38. The molecule has 4 heteroatoms. The summed E-state index contributed by atoms with van der Waals surface area (Å²) in [4.78, 5) is 25.2. The van der Waals surface area contributed by atoms with Crippen LogP contribution in [0.1, 0.15) is 19.3 Å². The number of amides is 3. The molecule has 0 atom stereocenters. The number of hydrogen-bond donors (Lipinski definition) is 1. The number of imide groups is 1. The summed E-state index contributed by atoms with van der Waals surface area (Å²) in [5, 5.41) is 2.80. The minimum absolute atomic E-state index is 0.102. The molecule has 2 aliphatic rings. The van der Waals surface area contributed by atoms with Crippen LogP contribution < -0.4 is 10.2 Å². The van der Waals surface area contributed by atoms with Gasteiger partial charge in [-0.25, -0.2) is 9.69 Å². The highest BCUT2D eigenvalue weighted by atomic mass is 16.2. The second-order valence-electron chi connectivity index (χ2n) is 4.34. The Hall–Kier alpha value is -1.84. The Morgan fingerprint density at radius 1 is 1.12 bits per heavy atom. The summed E-state index contributed by atoms with van der Waals surface area (Å²) in [6.07, 6.45) is 2.54. The third kappa shape index (κ3) is 1.10. The Bertz CT molecular complexity index is 451. The van der Waals surface area contributed by atoms with Crippen LogP contribution in [0, 0.1) is 0 Å². The average Bonchev–Trinajstić information content (AvgIpc) is 2.51. The lowest BCUT2D eigenvalue weighted by Gasteiger charge is -2.34.